The smallest absolute Gasteiger partial charge is 0.311 e. The number of piperidine rings is 1. The van der Waals surface area contributed by atoms with Gasteiger partial charge in [-0.3, -0.25) is 4.79 Å². The number of aromatic nitrogens is 2. The largest absolute Gasteiger partial charge is 0.481 e. The molecule has 110 valence electrons. The molecule has 0 bridgehead atoms. The SMILES string of the molecule is CC(C)Oc1ccnc(N2CCCC(C)(C(=O)O)C2)n1. The van der Waals surface area contributed by atoms with Gasteiger partial charge in [-0.05, 0) is 33.6 Å². The number of hydrogen-bond acceptors (Lipinski definition) is 5. The van der Waals surface area contributed by atoms with E-state index in [9.17, 15) is 9.90 Å². The molecule has 1 fully saturated rings. The predicted octanol–water partition coefficient (Wildman–Crippen LogP) is 1.95. The second-order valence-electron chi connectivity index (χ2n) is 5.75. The highest BCUT2D eigenvalue weighted by Gasteiger charge is 2.38. The van der Waals surface area contributed by atoms with Crippen LogP contribution < -0.4 is 9.64 Å². The third-order valence-corrected chi connectivity index (χ3v) is 3.47. The number of nitrogens with zero attached hydrogens (tertiary/aromatic N) is 3. The van der Waals surface area contributed by atoms with Crippen LogP contribution in [0.2, 0.25) is 0 Å². The summed E-state index contributed by atoms with van der Waals surface area (Å²) in [5.74, 6) is 0.291. The average Bonchev–Trinajstić information content (AvgIpc) is 2.38. The maximum absolute atomic E-state index is 11.4. The molecule has 6 nitrogen and oxygen atoms in total. The monoisotopic (exact) mass is 279 g/mol. The molecule has 1 unspecified atom stereocenters. The van der Waals surface area contributed by atoms with Crippen molar-refractivity contribution in [1.29, 1.82) is 0 Å². The molecule has 1 N–H and O–H groups in total. The Bertz CT molecular complexity index is 492. The van der Waals surface area contributed by atoms with Gasteiger partial charge in [-0.1, -0.05) is 0 Å². The molecule has 6 heteroatoms. The molecule has 1 aromatic rings. The molecule has 0 spiro atoms. The predicted molar refractivity (Wildman–Crippen MR) is 75.0 cm³/mol. The van der Waals surface area contributed by atoms with Gasteiger partial charge in [0.1, 0.15) is 0 Å². The minimum Gasteiger partial charge on any atom is -0.481 e. The van der Waals surface area contributed by atoms with Crippen LogP contribution in [0, 0.1) is 5.41 Å². The van der Waals surface area contributed by atoms with E-state index >= 15 is 0 Å². The van der Waals surface area contributed by atoms with E-state index in [0.717, 1.165) is 13.0 Å². The van der Waals surface area contributed by atoms with Gasteiger partial charge in [-0.25, -0.2) is 4.98 Å². The molecule has 0 aliphatic carbocycles. The number of hydrogen-bond donors (Lipinski definition) is 1. The second kappa shape index (κ2) is 5.64. The summed E-state index contributed by atoms with van der Waals surface area (Å²) in [4.78, 5) is 21.9. The highest BCUT2D eigenvalue weighted by Crippen LogP contribution is 2.31. The summed E-state index contributed by atoms with van der Waals surface area (Å²) >= 11 is 0. The molecule has 0 radical (unpaired) electrons. The van der Waals surface area contributed by atoms with Gasteiger partial charge in [0.15, 0.2) is 0 Å². The zero-order valence-corrected chi connectivity index (χ0v) is 12.2. The Hall–Kier alpha value is -1.85. The van der Waals surface area contributed by atoms with E-state index in [1.165, 1.54) is 0 Å². The lowest BCUT2D eigenvalue weighted by atomic mass is 9.82. The Morgan fingerprint density at radius 1 is 1.55 bits per heavy atom. The van der Waals surface area contributed by atoms with Gasteiger partial charge in [0.2, 0.25) is 11.8 Å². The van der Waals surface area contributed by atoms with Gasteiger partial charge in [0, 0.05) is 25.4 Å². The summed E-state index contributed by atoms with van der Waals surface area (Å²) in [6.07, 6.45) is 3.19. The fourth-order valence-corrected chi connectivity index (χ4v) is 2.38. The normalized spacial score (nSPS) is 22.9. The van der Waals surface area contributed by atoms with E-state index in [4.69, 9.17) is 4.74 Å². The van der Waals surface area contributed by atoms with Crippen molar-refractivity contribution in [3.63, 3.8) is 0 Å². The van der Waals surface area contributed by atoms with Crippen LogP contribution in [0.3, 0.4) is 0 Å². The summed E-state index contributed by atoms with van der Waals surface area (Å²) < 4.78 is 5.55. The van der Waals surface area contributed by atoms with Crippen molar-refractivity contribution in [3.05, 3.63) is 12.3 Å². The van der Waals surface area contributed by atoms with Gasteiger partial charge in [0.25, 0.3) is 0 Å². The molecule has 1 aliphatic rings. The van der Waals surface area contributed by atoms with Gasteiger partial charge in [-0.2, -0.15) is 4.98 Å². The van der Waals surface area contributed by atoms with Crippen molar-refractivity contribution in [2.24, 2.45) is 5.41 Å². The first-order valence-corrected chi connectivity index (χ1v) is 6.89. The molecule has 0 saturated carbocycles. The first-order chi connectivity index (χ1) is 9.40. The lowest BCUT2D eigenvalue weighted by Gasteiger charge is -2.37. The van der Waals surface area contributed by atoms with E-state index in [1.54, 1.807) is 19.2 Å². The van der Waals surface area contributed by atoms with Crippen LogP contribution in [0.15, 0.2) is 12.3 Å². The lowest BCUT2D eigenvalue weighted by molar-refractivity contribution is -0.148. The van der Waals surface area contributed by atoms with Crippen molar-refractivity contribution in [2.75, 3.05) is 18.0 Å². The Balaban J connectivity index is 2.17. The Morgan fingerprint density at radius 3 is 2.95 bits per heavy atom. The standard InChI is InChI=1S/C14H21N3O3/c1-10(2)20-11-5-7-15-13(16-11)17-8-4-6-14(3,9-17)12(18)19/h5,7,10H,4,6,8-9H2,1-3H3,(H,18,19). The van der Waals surface area contributed by atoms with Crippen LogP contribution in [-0.4, -0.2) is 40.2 Å². The molecular formula is C14H21N3O3. The zero-order valence-electron chi connectivity index (χ0n) is 12.2. The van der Waals surface area contributed by atoms with Crippen LogP contribution in [0.5, 0.6) is 5.88 Å². The Kier molecular flexibility index (Phi) is 4.11. The summed E-state index contributed by atoms with van der Waals surface area (Å²) in [5.41, 5.74) is -0.740. The van der Waals surface area contributed by atoms with Crippen molar-refractivity contribution in [2.45, 2.75) is 39.7 Å². The molecule has 1 aromatic heterocycles. The van der Waals surface area contributed by atoms with E-state index < -0.39 is 11.4 Å². The number of rotatable bonds is 4. The van der Waals surface area contributed by atoms with Crippen molar-refractivity contribution < 1.29 is 14.6 Å². The number of carboxylic acid groups (broad SMARTS) is 1. The summed E-state index contributed by atoms with van der Waals surface area (Å²) in [7, 11) is 0. The molecule has 2 rings (SSSR count). The number of anilines is 1. The van der Waals surface area contributed by atoms with Crippen LogP contribution in [0.4, 0.5) is 5.95 Å². The van der Waals surface area contributed by atoms with Crippen molar-refractivity contribution in [3.8, 4) is 5.88 Å². The lowest BCUT2D eigenvalue weighted by Crippen LogP contribution is -2.46. The van der Waals surface area contributed by atoms with Gasteiger partial charge < -0.3 is 14.7 Å². The first kappa shape index (κ1) is 14.6. The summed E-state index contributed by atoms with van der Waals surface area (Å²) in [5, 5.41) is 9.34. The fourth-order valence-electron chi connectivity index (χ4n) is 2.38. The Morgan fingerprint density at radius 2 is 2.30 bits per heavy atom. The zero-order chi connectivity index (χ0) is 14.8. The van der Waals surface area contributed by atoms with E-state index in [-0.39, 0.29) is 6.10 Å². The van der Waals surface area contributed by atoms with Crippen molar-refractivity contribution in [1.82, 2.24) is 9.97 Å². The molecule has 1 atom stereocenters. The van der Waals surface area contributed by atoms with Crippen LogP contribution in [0.25, 0.3) is 0 Å². The van der Waals surface area contributed by atoms with E-state index in [0.29, 0.717) is 24.8 Å². The number of ether oxygens (including phenoxy) is 1. The summed E-state index contributed by atoms with van der Waals surface area (Å²) in [6.45, 7) is 6.84. The van der Waals surface area contributed by atoms with Gasteiger partial charge >= 0.3 is 5.97 Å². The third-order valence-electron chi connectivity index (χ3n) is 3.47. The number of carbonyl (C=O) groups is 1. The quantitative estimate of drug-likeness (QED) is 0.908. The highest BCUT2D eigenvalue weighted by atomic mass is 16.5. The molecular weight excluding hydrogens is 258 g/mol. The maximum atomic E-state index is 11.4. The summed E-state index contributed by atoms with van der Waals surface area (Å²) in [6, 6.07) is 1.71. The number of aliphatic carboxylic acids is 1. The fraction of sp³-hybridized carbons (Fsp3) is 0.643. The molecule has 2 heterocycles. The van der Waals surface area contributed by atoms with Gasteiger partial charge in [-0.15, -0.1) is 0 Å². The highest BCUT2D eigenvalue weighted by molar-refractivity contribution is 5.75. The van der Waals surface area contributed by atoms with Crippen LogP contribution in [0.1, 0.15) is 33.6 Å². The Labute approximate surface area is 118 Å². The molecule has 0 amide bonds. The van der Waals surface area contributed by atoms with E-state index in [2.05, 4.69) is 9.97 Å². The molecule has 1 aliphatic heterocycles. The number of carboxylic acids is 1. The minimum absolute atomic E-state index is 0.0448. The maximum Gasteiger partial charge on any atom is 0.311 e. The van der Waals surface area contributed by atoms with Crippen LogP contribution >= 0.6 is 0 Å². The second-order valence-corrected chi connectivity index (χ2v) is 5.75. The topological polar surface area (TPSA) is 75.5 Å². The molecule has 1 saturated heterocycles. The van der Waals surface area contributed by atoms with Gasteiger partial charge in [0.05, 0.1) is 11.5 Å². The first-order valence-electron chi connectivity index (χ1n) is 6.89. The van der Waals surface area contributed by atoms with Crippen molar-refractivity contribution >= 4 is 11.9 Å². The van der Waals surface area contributed by atoms with E-state index in [1.807, 2.05) is 18.7 Å². The van der Waals surface area contributed by atoms with Crippen LogP contribution in [-0.2, 0) is 4.79 Å². The molecule has 0 aromatic carbocycles. The minimum atomic E-state index is -0.767. The third kappa shape index (κ3) is 3.18. The molecule has 20 heavy (non-hydrogen) atoms. The average molecular weight is 279 g/mol.